The largest absolute Gasteiger partial charge is 0.497 e. The molecule has 2 aromatic rings. The first-order valence-electron chi connectivity index (χ1n) is 5.20. The van der Waals surface area contributed by atoms with Crippen LogP contribution in [0.1, 0.15) is 10.5 Å². The van der Waals surface area contributed by atoms with Crippen LogP contribution in [0.4, 0.5) is 0 Å². The molecule has 18 heavy (non-hydrogen) atoms. The summed E-state index contributed by atoms with van der Waals surface area (Å²) in [6.45, 7) is 0. The highest BCUT2D eigenvalue weighted by atomic mass is 16.5. The van der Waals surface area contributed by atoms with Crippen LogP contribution in [0.2, 0.25) is 0 Å². The Morgan fingerprint density at radius 3 is 2.56 bits per heavy atom. The predicted octanol–water partition coefficient (Wildman–Crippen LogP) is 2.58. The first-order valence-corrected chi connectivity index (χ1v) is 5.20. The Morgan fingerprint density at radius 1 is 1.17 bits per heavy atom. The summed E-state index contributed by atoms with van der Waals surface area (Å²) in [4.78, 5) is 14.4. The fraction of sp³-hybridized carbons (Fsp3) is 0.0769. The summed E-state index contributed by atoms with van der Waals surface area (Å²) in [6.07, 6.45) is 1.36. The number of carboxylic acids is 1. The van der Waals surface area contributed by atoms with Crippen LogP contribution in [-0.4, -0.2) is 23.2 Å². The summed E-state index contributed by atoms with van der Waals surface area (Å²) in [5.41, 5.74) is -0.0204. The zero-order valence-electron chi connectivity index (χ0n) is 9.66. The molecule has 0 bridgehead atoms. The van der Waals surface area contributed by atoms with Crippen molar-refractivity contribution in [1.29, 1.82) is 0 Å². The van der Waals surface area contributed by atoms with Gasteiger partial charge in [0.2, 0.25) is 0 Å². The number of ether oxygens (including phenoxy) is 2. The first kappa shape index (κ1) is 11.9. The number of aromatic carboxylic acids is 1. The third-order valence-corrected chi connectivity index (χ3v) is 2.23. The lowest BCUT2D eigenvalue weighted by Gasteiger charge is -2.06. The van der Waals surface area contributed by atoms with E-state index in [1.165, 1.54) is 12.3 Å². The molecule has 2 rings (SSSR count). The number of methoxy groups -OCH3 is 1. The van der Waals surface area contributed by atoms with E-state index in [0.29, 0.717) is 17.2 Å². The van der Waals surface area contributed by atoms with Crippen molar-refractivity contribution in [3.8, 4) is 17.2 Å². The van der Waals surface area contributed by atoms with Gasteiger partial charge in [0.1, 0.15) is 22.9 Å². The molecule has 92 valence electrons. The van der Waals surface area contributed by atoms with Gasteiger partial charge in [-0.15, -0.1) is 0 Å². The van der Waals surface area contributed by atoms with Crippen LogP contribution in [0, 0.1) is 0 Å². The summed E-state index contributed by atoms with van der Waals surface area (Å²) in [5.74, 6) is 0.679. The summed E-state index contributed by atoms with van der Waals surface area (Å²) >= 11 is 0. The lowest BCUT2D eigenvalue weighted by atomic mass is 10.3. The smallest absolute Gasteiger partial charge is 0.354 e. The molecule has 0 saturated heterocycles. The van der Waals surface area contributed by atoms with E-state index in [9.17, 15) is 4.79 Å². The van der Waals surface area contributed by atoms with Crippen LogP contribution in [0.3, 0.4) is 0 Å². The lowest BCUT2D eigenvalue weighted by Crippen LogP contribution is -1.99. The van der Waals surface area contributed by atoms with Crippen LogP contribution in [-0.2, 0) is 0 Å². The fourth-order valence-electron chi connectivity index (χ4n) is 1.37. The highest BCUT2D eigenvalue weighted by Crippen LogP contribution is 2.24. The molecular weight excluding hydrogens is 234 g/mol. The molecule has 0 radical (unpaired) electrons. The SMILES string of the molecule is COc1cccc(Oc2ccc(C(=O)O)nc2)c1. The van der Waals surface area contributed by atoms with Crippen LogP contribution >= 0.6 is 0 Å². The standard InChI is InChI=1S/C13H11NO4/c1-17-9-3-2-4-10(7-9)18-11-5-6-12(13(15)16)14-8-11/h2-8H,1H3,(H,15,16). The molecule has 1 N–H and O–H groups in total. The maximum atomic E-state index is 10.6. The third-order valence-electron chi connectivity index (χ3n) is 2.23. The van der Waals surface area contributed by atoms with Gasteiger partial charge in [-0.1, -0.05) is 6.07 Å². The normalized spacial score (nSPS) is 9.83. The van der Waals surface area contributed by atoms with Gasteiger partial charge in [-0.2, -0.15) is 0 Å². The van der Waals surface area contributed by atoms with E-state index in [4.69, 9.17) is 14.6 Å². The van der Waals surface area contributed by atoms with Gasteiger partial charge >= 0.3 is 5.97 Å². The Balaban J connectivity index is 2.15. The molecule has 0 unspecified atom stereocenters. The molecule has 1 aromatic heterocycles. The molecule has 0 saturated carbocycles. The molecule has 1 aromatic carbocycles. The Hall–Kier alpha value is -2.56. The second-order valence-electron chi connectivity index (χ2n) is 3.47. The first-order chi connectivity index (χ1) is 8.69. The van der Waals surface area contributed by atoms with Crippen molar-refractivity contribution in [3.05, 3.63) is 48.3 Å². The number of carboxylic acid groups (broad SMARTS) is 1. The van der Waals surface area contributed by atoms with Gasteiger partial charge in [0, 0.05) is 6.07 Å². The number of rotatable bonds is 4. The molecule has 0 aliphatic carbocycles. The number of nitrogens with zero attached hydrogens (tertiary/aromatic N) is 1. The van der Waals surface area contributed by atoms with Crippen LogP contribution in [0.25, 0.3) is 0 Å². The van der Waals surface area contributed by atoms with E-state index in [-0.39, 0.29) is 5.69 Å². The topological polar surface area (TPSA) is 68.7 Å². The summed E-state index contributed by atoms with van der Waals surface area (Å²) < 4.78 is 10.6. The van der Waals surface area contributed by atoms with E-state index in [1.807, 2.05) is 0 Å². The fourth-order valence-corrected chi connectivity index (χ4v) is 1.37. The van der Waals surface area contributed by atoms with Gasteiger partial charge in [0.25, 0.3) is 0 Å². The van der Waals surface area contributed by atoms with E-state index in [1.54, 1.807) is 37.4 Å². The van der Waals surface area contributed by atoms with Crippen molar-refractivity contribution in [2.45, 2.75) is 0 Å². The molecule has 0 aliphatic rings. The molecule has 0 atom stereocenters. The highest BCUT2D eigenvalue weighted by Gasteiger charge is 2.05. The number of benzene rings is 1. The van der Waals surface area contributed by atoms with Crippen molar-refractivity contribution in [2.75, 3.05) is 7.11 Å². The molecular formula is C13H11NO4. The van der Waals surface area contributed by atoms with Crippen molar-refractivity contribution < 1.29 is 19.4 Å². The Morgan fingerprint density at radius 2 is 1.94 bits per heavy atom. The van der Waals surface area contributed by atoms with Crippen molar-refractivity contribution >= 4 is 5.97 Å². The highest BCUT2D eigenvalue weighted by molar-refractivity contribution is 5.85. The second-order valence-corrected chi connectivity index (χ2v) is 3.47. The summed E-state index contributed by atoms with van der Waals surface area (Å²) in [5, 5.41) is 8.71. The monoisotopic (exact) mass is 245 g/mol. The lowest BCUT2D eigenvalue weighted by molar-refractivity contribution is 0.0690. The number of hydrogen-bond donors (Lipinski definition) is 1. The number of pyridine rings is 1. The maximum Gasteiger partial charge on any atom is 0.354 e. The van der Waals surface area contributed by atoms with Crippen molar-refractivity contribution in [2.24, 2.45) is 0 Å². The van der Waals surface area contributed by atoms with Gasteiger partial charge in [0.05, 0.1) is 13.3 Å². The molecule has 0 spiro atoms. The average Bonchev–Trinajstić information content (AvgIpc) is 2.39. The Kier molecular flexibility index (Phi) is 3.43. The molecule has 1 heterocycles. The summed E-state index contributed by atoms with van der Waals surface area (Å²) in [7, 11) is 1.57. The van der Waals surface area contributed by atoms with E-state index in [2.05, 4.69) is 4.98 Å². The number of carbonyl (C=O) groups is 1. The van der Waals surface area contributed by atoms with E-state index >= 15 is 0 Å². The second kappa shape index (κ2) is 5.18. The third kappa shape index (κ3) is 2.76. The van der Waals surface area contributed by atoms with Gasteiger partial charge in [-0.25, -0.2) is 9.78 Å². The zero-order valence-corrected chi connectivity index (χ0v) is 9.66. The van der Waals surface area contributed by atoms with Gasteiger partial charge in [-0.05, 0) is 24.3 Å². The zero-order chi connectivity index (χ0) is 13.0. The molecule has 0 amide bonds. The molecule has 5 heteroatoms. The van der Waals surface area contributed by atoms with Gasteiger partial charge < -0.3 is 14.6 Å². The Labute approximate surface area is 104 Å². The van der Waals surface area contributed by atoms with E-state index < -0.39 is 5.97 Å². The van der Waals surface area contributed by atoms with Crippen LogP contribution in [0.15, 0.2) is 42.6 Å². The molecule has 5 nitrogen and oxygen atoms in total. The van der Waals surface area contributed by atoms with Crippen LogP contribution < -0.4 is 9.47 Å². The Bertz CT molecular complexity index is 551. The molecule has 0 aliphatic heterocycles. The van der Waals surface area contributed by atoms with Gasteiger partial charge in [0.15, 0.2) is 0 Å². The minimum Gasteiger partial charge on any atom is -0.497 e. The summed E-state index contributed by atoms with van der Waals surface area (Å²) in [6, 6.07) is 10.0. The minimum atomic E-state index is -1.07. The van der Waals surface area contributed by atoms with Gasteiger partial charge in [-0.3, -0.25) is 0 Å². The van der Waals surface area contributed by atoms with Crippen molar-refractivity contribution in [1.82, 2.24) is 4.98 Å². The number of hydrogen-bond acceptors (Lipinski definition) is 4. The maximum absolute atomic E-state index is 10.6. The molecule has 0 fully saturated rings. The average molecular weight is 245 g/mol. The predicted molar refractivity (Wildman–Crippen MR) is 64.3 cm³/mol. The minimum absolute atomic E-state index is 0.0204. The van der Waals surface area contributed by atoms with Crippen molar-refractivity contribution in [3.63, 3.8) is 0 Å². The number of aromatic nitrogens is 1. The van der Waals surface area contributed by atoms with E-state index in [0.717, 1.165) is 0 Å². The quantitative estimate of drug-likeness (QED) is 0.896. The van der Waals surface area contributed by atoms with Crippen LogP contribution in [0.5, 0.6) is 17.2 Å².